The highest BCUT2D eigenvalue weighted by atomic mass is 16.5. The van der Waals surface area contributed by atoms with Crippen molar-refractivity contribution >= 4 is 17.3 Å². The molecule has 1 amide bonds. The minimum Gasteiger partial charge on any atom is -0.479 e. The largest absolute Gasteiger partial charge is 0.479 e. The van der Waals surface area contributed by atoms with E-state index in [-0.39, 0.29) is 11.8 Å². The number of hydrogen-bond donors (Lipinski definition) is 2. The molecule has 1 atom stereocenters. The van der Waals surface area contributed by atoms with Crippen molar-refractivity contribution in [3.8, 4) is 5.88 Å². The van der Waals surface area contributed by atoms with Gasteiger partial charge in [-0.2, -0.15) is 0 Å². The highest BCUT2D eigenvalue weighted by Crippen LogP contribution is 2.32. The Kier molecular flexibility index (Phi) is 5.57. The summed E-state index contributed by atoms with van der Waals surface area (Å²) in [6, 6.07) is 1.82. The Morgan fingerprint density at radius 3 is 2.74 bits per heavy atom. The second-order valence-corrected chi connectivity index (χ2v) is 4.44. The molecule has 0 aliphatic rings. The summed E-state index contributed by atoms with van der Waals surface area (Å²) in [6.45, 7) is 2.26. The van der Waals surface area contributed by atoms with E-state index in [1.54, 1.807) is 6.20 Å². The Hall–Kier alpha value is -1.82. The zero-order valence-electron chi connectivity index (χ0n) is 11.9. The Bertz CT molecular complexity index is 431. The van der Waals surface area contributed by atoms with Gasteiger partial charge in [-0.05, 0) is 12.5 Å². The van der Waals surface area contributed by atoms with Crippen LogP contribution in [0, 0.1) is 5.92 Å². The average Bonchev–Trinajstić information content (AvgIpc) is 2.40. The maximum atomic E-state index is 12.1. The fourth-order valence-corrected chi connectivity index (χ4v) is 1.76. The lowest BCUT2D eigenvalue weighted by molar-refractivity contribution is -0.119. The Labute approximate surface area is 113 Å². The summed E-state index contributed by atoms with van der Waals surface area (Å²) in [5, 5.41) is 2.87. The molecule has 0 spiro atoms. The van der Waals surface area contributed by atoms with Crippen molar-refractivity contribution in [2.45, 2.75) is 13.3 Å². The summed E-state index contributed by atoms with van der Waals surface area (Å²) < 4.78 is 5.20. The van der Waals surface area contributed by atoms with Gasteiger partial charge in [0, 0.05) is 26.8 Å². The van der Waals surface area contributed by atoms with Crippen LogP contribution in [0.3, 0.4) is 0 Å². The normalized spacial score (nSPS) is 11.8. The number of nitrogens with one attached hydrogen (secondary N) is 1. The number of carbonyl (C=O) groups excluding carboxylic acids is 1. The van der Waals surface area contributed by atoms with Crippen LogP contribution in [0.25, 0.3) is 0 Å². The molecule has 1 rings (SSSR count). The zero-order valence-corrected chi connectivity index (χ0v) is 11.9. The molecule has 0 aliphatic heterocycles. The second-order valence-electron chi connectivity index (χ2n) is 4.44. The van der Waals surface area contributed by atoms with E-state index in [2.05, 4.69) is 10.3 Å². The maximum Gasteiger partial charge on any atom is 0.239 e. The summed E-state index contributed by atoms with van der Waals surface area (Å²) in [5.74, 6) is 0.0748. The molecule has 0 bridgehead atoms. The molecule has 19 heavy (non-hydrogen) atoms. The van der Waals surface area contributed by atoms with Crippen LogP contribution in [-0.4, -0.2) is 38.6 Å². The number of ether oxygens (including phenoxy) is 1. The zero-order chi connectivity index (χ0) is 14.4. The molecule has 0 saturated carbocycles. The van der Waals surface area contributed by atoms with Gasteiger partial charge >= 0.3 is 0 Å². The third kappa shape index (κ3) is 3.57. The van der Waals surface area contributed by atoms with Crippen LogP contribution >= 0.6 is 0 Å². The highest BCUT2D eigenvalue weighted by molar-refractivity contribution is 5.97. The minimum absolute atomic E-state index is 0.112. The summed E-state index contributed by atoms with van der Waals surface area (Å²) in [5.41, 5.74) is 7.00. The quantitative estimate of drug-likeness (QED) is 0.805. The van der Waals surface area contributed by atoms with Crippen molar-refractivity contribution in [1.82, 2.24) is 4.98 Å². The van der Waals surface area contributed by atoms with E-state index in [0.29, 0.717) is 24.5 Å². The number of methoxy groups -OCH3 is 1. The van der Waals surface area contributed by atoms with Gasteiger partial charge in [0.15, 0.2) is 0 Å². The van der Waals surface area contributed by atoms with Crippen LogP contribution in [0.5, 0.6) is 5.88 Å². The van der Waals surface area contributed by atoms with Gasteiger partial charge in [0.05, 0.1) is 18.7 Å². The van der Waals surface area contributed by atoms with E-state index in [1.807, 2.05) is 32.0 Å². The van der Waals surface area contributed by atoms with Crippen molar-refractivity contribution in [3.05, 3.63) is 12.3 Å². The molecule has 0 fully saturated rings. The van der Waals surface area contributed by atoms with Crippen LogP contribution in [0.1, 0.15) is 13.3 Å². The number of anilines is 2. The number of pyridine rings is 1. The maximum absolute atomic E-state index is 12.1. The number of aromatic nitrogens is 1. The van der Waals surface area contributed by atoms with Gasteiger partial charge in [0.1, 0.15) is 5.69 Å². The summed E-state index contributed by atoms with van der Waals surface area (Å²) >= 11 is 0. The molecular formula is C13H22N4O2. The van der Waals surface area contributed by atoms with Crippen LogP contribution < -0.4 is 20.7 Å². The lowest BCUT2D eigenvalue weighted by Crippen LogP contribution is -2.29. The molecule has 1 unspecified atom stereocenters. The van der Waals surface area contributed by atoms with Gasteiger partial charge in [-0.25, -0.2) is 4.98 Å². The topological polar surface area (TPSA) is 80.5 Å². The lowest BCUT2D eigenvalue weighted by Gasteiger charge is -2.21. The number of rotatable bonds is 6. The molecule has 106 valence electrons. The Balaban J connectivity index is 3.07. The van der Waals surface area contributed by atoms with E-state index in [1.165, 1.54) is 7.11 Å². The standard InChI is InChI=1S/C13H22N4O2/c1-5-9(8-14)12(18)16-11-10(17(2)3)6-7-15-13(11)19-4/h6-7,9H,5,8,14H2,1-4H3,(H,16,18). The number of nitrogens with zero attached hydrogens (tertiary/aromatic N) is 2. The predicted molar refractivity (Wildman–Crippen MR) is 76.6 cm³/mol. The van der Waals surface area contributed by atoms with Crippen LogP contribution in [0.4, 0.5) is 11.4 Å². The molecule has 1 aromatic heterocycles. The number of carbonyl (C=O) groups is 1. The third-order valence-corrected chi connectivity index (χ3v) is 2.97. The first-order chi connectivity index (χ1) is 9.04. The van der Waals surface area contributed by atoms with Crippen LogP contribution in [0.15, 0.2) is 12.3 Å². The molecule has 6 nitrogen and oxygen atoms in total. The lowest BCUT2D eigenvalue weighted by atomic mass is 10.1. The van der Waals surface area contributed by atoms with E-state index in [9.17, 15) is 4.79 Å². The number of nitrogens with two attached hydrogens (primary N) is 1. The highest BCUT2D eigenvalue weighted by Gasteiger charge is 2.19. The first-order valence-electron chi connectivity index (χ1n) is 6.26. The van der Waals surface area contributed by atoms with Gasteiger partial charge in [0.25, 0.3) is 0 Å². The first kappa shape index (κ1) is 15.2. The first-order valence-corrected chi connectivity index (χ1v) is 6.26. The van der Waals surface area contributed by atoms with Crippen LogP contribution in [0.2, 0.25) is 0 Å². The molecule has 0 saturated heterocycles. The van der Waals surface area contributed by atoms with E-state index in [0.717, 1.165) is 5.69 Å². The second kappa shape index (κ2) is 6.94. The molecule has 0 aromatic carbocycles. The van der Waals surface area contributed by atoms with Gasteiger partial charge in [0.2, 0.25) is 11.8 Å². The minimum atomic E-state index is -0.208. The van der Waals surface area contributed by atoms with E-state index in [4.69, 9.17) is 10.5 Å². The van der Waals surface area contributed by atoms with Crippen molar-refractivity contribution in [1.29, 1.82) is 0 Å². The van der Waals surface area contributed by atoms with Crippen molar-refractivity contribution in [3.63, 3.8) is 0 Å². The van der Waals surface area contributed by atoms with Crippen molar-refractivity contribution < 1.29 is 9.53 Å². The average molecular weight is 266 g/mol. The molecule has 6 heteroatoms. The van der Waals surface area contributed by atoms with Crippen molar-refractivity contribution in [2.75, 3.05) is 38.0 Å². The van der Waals surface area contributed by atoms with E-state index < -0.39 is 0 Å². The van der Waals surface area contributed by atoms with Gasteiger partial charge in [-0.3, -0.25) is 4.79 Å². The fourth-order valence-electron chi connectivity index (χ4n) is 1.76. The SMILES string of the molecule is CCC(CN)C(=O)Nc1c(N(C)C)ccnc1OC. The molecule has 1 aromatic rings. The molecule has 3 N–H and O–H groups in total. The fraction of sp³-hybridized carbons (Fsp3) is 0.538. The summed E-state index contributed by atoms with van der Waals surface area (Å²) in [4.78, 5) is 18.1. The predicted octanol–water partition coefficient (Wildman–Crippen LogP) is 1.08. The van der Waals surface area contributed by atoms with Crippen LogP contribution in [-0.2, 0) is 4.79 Å². The number of hydrogen-bond acceptors (Lipinski definition) is 5. The summed E-state index contributed by atoms with van der Waals surface area (Å²) in [6.07, 6.45) is 2.34. The Morgan fingerprint density at radius 2 is 2.26 bits per heavy atom. The smallest absolute Gasteiger partial charge is 0.239 e. The monoisotopic (exact) mass is 266 g/mol. The van der Waals surface area contributed by atoms with Gasteiger partial charge < -0.3 is 20.7 Å². The van der Waals surface area contributed by atoms with Gasteiger partial charge in [-0.15, -0.1) is 0 Å². The molecule has 0 aliphatic carbocycles. The molecule has 1 heterocycles. The molecule has 0 radical (unpaired) electrons. The van der Waals surface area contributed by atoms with Crippen molar-refractivity contribution in [2.24, 2.45) is 11.7 Å². The van der Waals surface area contributed by atoms with Gasteiger partial charge in [-0.1, -0.05) is 6.92 Å². The van der Waals surface area contributed by atoms with E-state index >= 15 is 0 Å². The third-order valence-electron chi connectivity index (χ3n) is 2.97. The Morgan fingerprint density at radius 1 is 1.58 bits per heavy atom. The number of amides is 1. The molecular weight excluding hydrogens is 244 g/mol. The summed E-state index contributed by atoms with van der Waals surface area (Å²) in [7, 11) is 5.31.